The average molecular weight is 370 g/mol. The van der Waals surface area contributed by atoms with E-state index in [1.165, 1.54) is 12.5 Å². The largest absolute Gasteiger partial charge is 0.369 e. The lowest BCUT2D eigenvalue weighted by molar-refractivity contribution is 0.0953. The van der Waals surface area contributed by atoms with E-state index < -0.39 is 0 Å². The number of carbonyl (C=O) groups is 1. The molecule has 0 aliphatic carbocycles. The first-order valence-corrected chi connectivity index (χ1v) is 7.57. The number of rotatable bonds is 6. The fourth-order valence-corrected chi connectivity index (χ4v) is 2.24. The first-order chi connectivity index (χ1) is 10.2. The fraction of sp³-hybridized carbons (Fsp3) is 0.214. The monoisotopic (exact) mass is 368 g/mol. The Kier molecular flexibility index (Phi) is 5.95. The van der Waals surface area contributed by atoms with Crippen molar-refractivity contribution >= 4 is 39.3 Å². The van der Waals surface area contributed by atoms with Crippen LogP contribution >= 0.6 is 27.5 Å². The van der Waals surface area contributed by atoms with Crippen LogP contribution in [0, 0.1) is 0 Å². The predicted molar refractivity (Wildman–Crippen MR) is 86.6 cm³/mol. The Labute approximate surface area is 136 Å². The zero-order chi connectivity index (χ0) is 15.1. The summed E-state index contributed by atoms with van der Waals surface area (Å²) < 4.78 is 0.884. The second-order valence-corrected chi connectivity index (χ2v) is 5.59. The molecule has 2 N–H and O–H groups in total. The van der Waals surface area contributed by atoms with E-state index in [0.29, 0.717) is 29.5 Å². The van der Waals surface area contributed by atoms with Gasteiger partial charge in [-0.2, -0.15) is 0 Å². The normalized spacial score (nSPS) is 10.2. The molecule has 110 valence electrons. The molecule has 0 spiro atoms. The Hall–Kier alpha value is -1.66. The number of benzene rings is 1. The van der Waals surface area contributed by atoms with E-state index in [1.54, 1.807) is 12.1 Å². The van der Waals surface area contributed by atoms with Crippen molar-refractivity contribution in [2.75, 3.05) is 18.4 Å². The molecule has 0 bridgehead atoms. The molecule has 1 aromatic carbocycles. The van der Waals surface area contributed by atoms with Gasteiger partial charge in [-0.25, -0.2) is 9.97 Å². The van der Waals surface area contributed by atoms with Crippen LogP contribution in [-0.2, 0) is 0 Å². The molecule has 0 saturated heterocycles. The van der Waals surface area contributed by atoms with Crippen LogP contribution in [0.2, 0.25) is 5.02 Å². The summed E-state index contributed by atoms with van der Waals surface area (Å²) in [5, 5.41) is 6.44. The number of hydrogen-bond acceptors (Lipinski definition) is 4. The van der Waals surface area contributed by atoms with Crippen molar-refractivity contribution in [3.63, 3.8) is 0 Å². The fourth-order valence-electron chi connectivity index (χ4n) is 1.67. The number of amides is 1. The van der Waals surface area contributed by atoms with Crippen LogP contribution in [0.4, 0.5) is 5.82 Å². The molecule has 0 radical (unpaired) electrons. The zero-order valence-corrected chi connectivity index (χ0v) is 13.5. The van der Waals surface area contributed by atoms with Crippen LogP contribution in [0.3, 0.4) is 0 Å². The van der Waals surface area contributed by atoms with E-state index in [9.17, 15) is 4.79 Å². The molecule has 0 saturated carbocycles. The molecule has 5 nitrogen and oxygen atoms in total. The third kappa shape index (κ3) is 4.99. The van der Waals surface area contributed by atoms with Crippen LogP contribution < -0.4 is 10.6 Å². The number of carbonyl (C=O) groups excluding carboxylic acids is 1. The van der Waals surface area contributed by atoms with Crippen LogP contribution in [-0.4, -0.2) is 29.0 Å². The molecular weight excluding hydrogens is 356 g/mol. The van der Waals surface area contributed by atoms with Gasteiger partial charge in [0, 0.05) is 23.1 Å². The number of halogens is 2. The van der Waals surface area contributed by atoms with Crippen LogP contribution in [0.15, 0.2) is 41.3 Å². The lowest BCUT2D eigenvalue weighted by atomic mass is 10.2. The van der Waals surface area contributed by atoms with Crippen molar-refractivity contribution in [2.45, 2.75) is 6.42 Å². The Morgan fingerprint density at radius 2 is 2.19 bits per heavy atom. The number of aromatic nitrogens is 2. The van der Waals surface area contributed by atoms with Crippen molar-refractivity contribution in [3.8, 4) is 0 Å². The van der Waals surface area contributed by atoms with Crippen molar-refractivity contribution in [3.05, 3.63) is 51.8 Å². The quantitative estimate of drug-likeness (QED) is 0.768. The van der Waals surface area contributed by atoms with Gasteiger partial charge < -0.3 is 10.6 Å². The zero-order valence-electron chi connectivity index (χ0n) is 11.1. The van der Waals surface area contributed by atoms with Crippen molar-refractivity contribution in [2.24, 2.45) is 0 Å². The Morgan fingerprint density at radius 1 is 1.33 bits per heavy atom. The molecule has 0 unspecified atom stereocenters. The van der Waals surface area contributed by atoms with Gasteiger partial charge in [-0.1, -0.05) is 33.6 Å². The second-order valence-electron chi connectivity index (χ2n) is 4.27. The molecule has 1 heterocycles. The van der Waals surface area contributed by atoms with E-state index in [-0.39, 0.29) is 5.91 Å². The van der Waals surface area contributed by atoms with E-state index in [4.69, 9.17) is 11.6 Å². The maximum atomic E-state index is 11.9. The summed E-state index contributed by atoms with van der Waals surface area (Å²) in [4.78, 5) is 19.7. The first kappa shape index (κ1) is 15.7. The number of nitrogens with zero attached hydrogens (tertiary/aromatic N) is 2. The Balaban J connectivity index is 1.70. The SMILES string of the molecule is O=C(NCCCNc1ncncc1Cl)c1cccc(Br)c1. The summed E-state index contributed by atoms with van der Waals surface area (Å²) in [6.07, 6.45) is 3.73. The highest BCUT2D eigenvalue weighted by molar-refractivity contribution is 9.10. The molecule has 0 atom stereocenters. The molecular formula is C14H14BrClN4O. The lowest BCUT2D eigenvalue weighted by Crippen LogP contribution is -2.25. The minimum atomic E-state index is -0.0867. The molecule has 2 rings (SSSR count). The number of anilines is 1. The highest BCUT2D eigenvalue weighted by atomic mass is 79.9. The maximum Gasteiger partial charge on any atom is 0.251 e. The van der Waals surface area contributed by atoms with Crippen LogP contribution in [0.25, 0.3) is 0 Å². The molecule has 0 fully saturated rings. The third-order valence-electron chi connectivity index (χ3n) is 2.69. The van der Waals surface area contributed by atoms with Gasteiger partial charge in [0.2, 0.25) is 0 Å². The maximum absolute atomic E-state index is 11.9. The molecule has 0 aliphatic heterocycles. The van der Waals surface area contributed by atoms with Gasteiger partial charge in [-0.15, -0.1) is 0 Å². The van der Waals surface area contributed by atoms with E-state index >= 15 is 0 Å². The Bertz CT molecular complexity index is 623. The molecule has 7 heteroatoms. The van der Waals surface area contributed by atoms with Crippen molar-refractivity contribution < 1.29 is 4.79 Å². The molecule has 2 aromatic rings. The summed E-state index contributed by atoms with van der Waals surface area (Å²) in [7, 11) is 0. The second kappa shape index (κ2) is 7.95. The molecule has 1 amide bonds. The summed E-state index contributed by atoms with van der Waals surface area (Å²) >= 11 is 9.26. The minimum Gasteiger partial charge on any atom is -0.369 e. The van der Waals surface area contributed by atoms with Gasteiger partial charge in [-0.05, 0) is 24.6 Å². The average Bonchev–Trinajstić information content (AvgIpc) is 2.48. The van der Waals surface area contributed by atoms with E-state index in [0.717, 1.165) is 10.9 Å². The first-order valence-electron chi connectivity index (χ1n) is 6.40. The molecule has 1 aromatic heterocycles. The molecule has 0 aliphatic rings. The van der Waals surface area contributed by atoms with Gasteiger partial charge in [0.05, 0.1) is 6.20 Å². The summed E-state index contributed by atoms with van der Waals surface area (Å²) in [6, 6.07) is 7.27. The smallest absolute Gasteiger partial charge is 0.251 e. The number of hydrogen-bond donors (Lipinski definition) is 2. The van der Waals surface area contributed by atoms with Gasteiger partial charge >= 0.3 is 0 Å². The summed E-state index contributed by atoms with van der Waals surface area (Å²) in [6.45, 7) is 1.23. The van der Waals surface area contributed by atoms with Crippen LogP contribution in [0.5, 0.6) is 0 Å². The van der Waals surface area contributed by atoms with E-state index in [2.05, 4.69) is 36.5 Å². The summed E-state index contributed by atoms with van der Waals surface area (Å²) in [5.41, 5.74) is 0.635. The third-order valence-corrected chi connectivity index (χ3v) is 3.46. The standard InChI is InChI=1S/C14H14BrClN4O/c15-11-4-1-3-10(7-11)14(21)19-6-2-5-18-13-12(16)8-17-9-20-13/h1,3-4,7-9H,2,5-6H2,(H,19,21)(H,17,18,20). The highest BCUT2D eigenvalue weighted by Crippen LogP contribution is 2.15. The predicted octanol–water partition coefficient (Wildman–Crippen LogP) is 3.12. The highest BCUT2D eigenvalue weighted by Gasteiger charge is 2.05. The van der Waals surface area contributed by atoms with Gasteiger partial charge in [0.1, 0.15) is 17.2 Å². The van der Waals surface area contributed by atoms with Crippen molar-refractivity contribution in [1.82, 2.24) is 15.3 Å². The van der Waals surface area contributed by atoms with Gasteiger partial charge in [0.15, 0.2) is 0 Å². The lowest BCUT2D eigenvalue weighted by Gasteiger charge is -2.08. The molecule has 21 heavy (non-hydrogen) atoms. The number of nitrogens with one attached hydrogen (secondary N) is 2. The minimum absolute atomic E-state index is 0.0867. The van der Waals surface area contributed by atoms with Crippen molar-refractivity contribution in [1.29, 1.82) is 0 Å². The van der Waals surface area contributed by atoms with Crippen LogP contribution in [0.1, 0.15) is 16.8 Å². The van der Waals surface area contributed by atoms with E-state index in [1.807, 2.05) is 12.1 Å². The topological polar surface area (TPSA) is 66.9 Å². The van der Waals surface area contributed by atoms with Gasteiger partial charge in [-0.3, -0.25) is 4.79 Å². The van der Waals surface area contributed by atoms with Gasteiger partial charge in [0.25, 0.3) is 5.91 Å². The summed E-state index contributed by atoms with van der Waals surface area (Å²) in [5.74, 6) is 0.515. The Morgan fingerprint density at radius 3 is 2.95 bits per heavy atom.